The number of ether oxygens (including phenoxy) is 1. The zero-order valence-corrected chi connectivity index (χ0v) is 13.1. The summed E-state index contributed by atoms with van der Waals surface area (Å²) in [5, 5.41) is 0. The highest BCUT2D eigenvalue weighted by Crippen LogP contribution is 2.11. The lowest BCUT2D eigenvalue weighted by molar-refractivity contribution is 0.0600. The maximum atomic E-state index is 11.2. The first kappa shape index (κ1) is 16.9. The number of rotatable bonds is 2. The second kappa shape index (κ2) is 8.22. The Labute approximate surface area is 126 Å². The average molecular weight is 285 g/mol. The molecule has 3 heteroatoms. The Hall–Kier alpha value is -2.13. The van der Waals surface area contributed by atoms with Gasteiger partial charge in [-0.15, -0.1) is 0 Å². The molecule has 2 rings (SSSR count). The largest absolute Gasteiger partial charge is 0.465 e. The van der Waals surface area contributed by atoms with E-state index in [4.69, 9.17) is 5.73 Å². The highest BCUT2D eigenvalue weighted by Gasteiger charge is 2.07. The van der Waals surface area contributed by atoms with Crippen molar-refractivity contribution in [2.75, 3.05) is 7.11 Å². The van der Waals surface area contributed by atoms with Crippen molar-refractivity contribution in [2.24, 2.45) is 5.73 Å². The number of nitrogens with two attached hydrogens (primary N) is 1. The topological polar surface area (TPSA) is 52.3 Å². The van der Waals surface area contributed by atoms with Gasteiger partial charge in [-0.25, -0.2) is 4.79 Å². The minimum atomic E-state index is -0.267. The van der Waals surface area contributed by atoms with Gasteiger partial charge in [0.2, 0.25) is 0 Å². The molecule has 0 unspecified atom stereocenters. The van der Waals surface area contributed by atoms with Gasteiger partial charge in [0.15, 0.2) is 0 Å². The maximum Gasteiger partial charge on any atom is 0.338 e. The Bertz CT molecular complexity index is 606. The molecular weight excluding hydrogens is 262 g/mol. The Kier molecular flexibility index (Phi) is 6.63. The highest BCUT2D eigenvalue weighted by molar-refractivity contribution is 5.91. The van der Waals surface area contributed by atoms with Gasteiger partial charge < -0.3 is 10.5 Å². The molecule has 0 aliphatic heterocycles. The number of esters is 1. The van der Waals surface area contributed by atoms with Gasteiger partial charge in [-0.3, -0.25) is 0 Å². The van der Waals surface area contributed by atoms with Gasteiger partial charge in [-0.05, 0) is 43.5 Å². The summed E-state index contributed by atoms with van der Waals surface area (Å²) in [6, 6.07) is 13.9. The van der Waals surface area contributed by atoms with Crippen LogP contribution in [0.3, 0.4) is 0 Å². The standard InChI is InChI=1S/C10H12O2.C8H11N/c1-7-4-5-8(2)9(6-7)10(11)12-3;1-7-4-2-3-5-8(7)6-9/h4-6H,1-3H3;2-5H,6,9H2,1H3. The smallest absolute Gasteiger partial charge is 0.338 e. The van der Waals surface area contributed by atoms with Crippen LogP contribution in [-0.4, -0.2) is 13.1 Å². The first-order valence-corrected chi connectivity index (χ1v) is 6.89. The summed E-state index contributed by atoms with van der Waals surface area (Å²) in [5.41, 5.74) is 10.6. The molecule has 2 aromatic carbocycles. The summed E-state index contributed by atoms with van der Waals surface area (Å²) in [7, 11) is 1.39. The monoisotopic (exact) mass is 285 g/mol. The van der Waals surface area contributed by atoms with Crippen molar-refractivity contribution in [2.45, 2.75) is 27.3 Å². The van der Waals surface area contributed by atoms with Crippen LogP contribution in [0.2, 0.25) is 0 Å². The minimum absolute atomic E-state index is 0.267. The summed E-state index contributed by atoms with van der Waals surface area (Å²) in [6.45, 7) is 6.56. The van der Waals surface area contributed by atoms with Crippen molar-refractivity contribution in [3.05, 3.63) is 70.3 Å². The van der Waals surface area contributed by atoms with E-state index in [1.54, 1.807) is 0 Å². The number of benzene rings is 2. The Morgan fingerprint density at radius 3 is 2.24 bits per heavy atom. The van der Waals surface area contributed by atoms with Crippen LogP contribution in [0.1, 0.15) is 32.6 Å². The number of aryl methyl sites for hydroxylation is 3. The third-order valence-corrected chi connectivity index (χ3v) is 3.28. The molecule has 21 heavy (non-hydrogen) atoms. The molecule has 0 aromatic heterocycles. The average Bonchev–Trinajstić information content (AvgIpc) is 2.50. The molecule has 0 spiro atoms. The molecule has 0 radical (unpaired) electrons. The molecule has 3 nitrogen and oxygen atoms in total. The van der Waals surface area contributed by atoms with Crippen LogP contribution in [0.25, 0.3) is 0 Å². The Morgan fingerprint density at radius 1 is 1.05 bits per heavy atom. The fraction of sp³-hybridized carbons (Fsp3) is 0.278. The van der Waals surface area contributed by atoms with E-state index in [-0.39, 0.29) is 5.97 Å². The van der Waals surface area contributed by atoms with Crippen LogP contribution in [0, 0.1) is 20.8 Å². The highest BCUT2D eigenvalue weighted by atomic mass is 16.5. The van der Waals surface area contributed by atoms with Crippen molar-refractivity contribution < 1.29 is 9.53 Å². The molecule has 2 aromatic rings. The molecule has 0 aliphatic carbocycles. The first-order valence-electron chi connectivity index (χ1n) is 6.89. The van der Waals surface area contributed by atoms with E-state index in [0.29, 0.717) is 12.1 Å². The van der Waals surface area contributed by atoms with Gasteiger partial charge in [0, 0.05) is 6.54 Å². The zero-order chi connectivity index (χ0) is 15.8. The van der Waals surface area contributed by atoms with Gasteiger partial charge in [-0.1, -0.05) is 42.0 Å². The Balaban J connectivity index is 0.000000219. The van der Waals surface area contributed by atoms with Gasteiger partial charge >= 0.3 is 5.97 Å². The van der Waals surface area contributed by atoms with Crippen LogP contribution >= 0.6 is 0 Å². The lowest BCUT2D eigenvalue weighted by Gasteiger charge is -2.03. The van der Waals surface area contributed by atoms with Crippen molar-refractivity contribution in [3.63, 3.8) is 0 Å². The van der Waals surface area contributed by atoms with Crippen molar-refractivity contribution in [1.29, 1.82) is 0 Å². The van der Waals surface area contributed by atoms with E-state index in [2.05, 4.69) is 23.8 Å². The molecule has 0 fully saturated rings. The summed E-state index contributed by atoms with van der Waals surface area (Å²) >= 11 is 0. The van der Waals surface area contributed by atoms with E-state index in [9.17, 15) is 4.79 Å². The molecule has 112 valence electrons. The molecule has 0 saturated carbocycles. The number of hydrogen-bond donors (Lipinski definition) is 1. The van der Waals surface area contributed by atoms with Crippen molar-refractivity contribution in [3.8, 4) is 0 Å². The molecule has 0 saturated heterocycles. The van der Waals surface area contributed by atoms with E-state index in [1.807, 2.05) is 44.2 Å². The van der Waals surface area contributed by atoms with Crippen LogP contribution in [-0.2, 0) is 11.3 Å². The summed E-state index contributed by atoms with van der Waals surface area (Å²) in [6.07, 6.45) is 0. The van der Waals surface area contributed by atoms with E-state index in [1.165, 1.54) is 18.2 Å². The number of methoxy groups -OCH3 is 1. The number of carbonyl (C=O) groups is 1. The summed E-state index contributed by atoms with van der Waals surface area (Å²) in [4.78, 5) is 11.2. The molecular formula is C18H23NO2. The third-order valence-electron chi connectivity index (χ3n) is 3.28. The van der Waals surface area contributed by atoms with Crippen molar-refractivity contribution >= 4 is 5.97 Å². The van der Waals surface area contributed by atoms with Gasteiger partial charge in [0.05, 0.1) is 12.7 Å². The van der Waals surface area contributed by atoms with Crippen LogP contribution in [0.4, 0.5) is 0 Å². The SMILES string of the molecule is COC(=O)c1cc(C)ccc1C.Cc1ccccc1CN. The Morgan fingerprint density at radius 2 is 1.71 bits per heavy atom. The molecule has 2 N–H and O–H groups in total. The molecule has 0 aliphatic rings. The lowest BCUT2D eigenvalue weighted by Crippen LogP contribution is -2.03. The van der Waals surface area contributed by atoms with Crippen LogP contribution < -0.4 is 5.73 Å². The zero-order valence-electron chi connectivity index (χ0n) is 13.1. The lowest BCUT2D eigenvalue weighted by atomic mass is 10.1. The van der Waals surface area contributed by atoms with Gasteiger partial charge in [-0.2, -0.15) is 0 Å². The number of carbonyl (C=O) groups excluding carboxylic acids is 1. The van der Waals surface area contributed by atoms with E-state index >= 15 is 0 Å². The molecule has 0 atom stereocenters. The molecule has 0 bridgehead atoms. The minimum Gasteiger partial charge on any atom is -0.465 e. The fourth-order valence-corrected chi connectivity index (χ4v) is 1.90. The second-order valence-electron chi connectivity index (χ2n) is 4.94. The summed E-state index contributed by atoms with van der Waals surface area (Å²) < 4.78 is 4.63. The quantitative estimate of drug-likeness (QED) is 0.859. The maximum absolute atomic E-state index is 11.2. The van der Waals surface area contributed by atoms with Crippen LogP contribution in [0.5, 0.6) is 0 Å². The van der Waals surface area contributed by atoms with E-state index in [0.717, 1.165) is 11.1 Å². The number of hydrogen-bond acceptors (Lipinski definition) is 3. The normalized spacial score (nSPS) is 9.57. The third kappa shape index (κ3) is 5.04. The second-order valence-corrected chi connectivity index (χ2v) is 4.94. The molecule has 0 heterocycles. The first-order chi connectivity index (χ1) is 9.99. The van der Waals surface area contributed by atoms with Gasteiger partial charge in [0.1, 0.15) is 0 Å². The fourth-order valence-electron chi connectivity index (χ4n) is 1.90. The van der Waals surface area contributed by atoms with Gasteiger partial charge in [0.25, 0.3) is 0 Å². The molecule has 0 amide bonds. The van der Waals surface area contributed by atoms with E-state index < -0.39 is 0 Å². The predicted octanol–water partition coefficient (Wildman–Crippen LogP) is 3.54. The summed E-state index contributed by atoms with van der Waals surface area (Å²) in [5.74, 6) is -0.267. The predicted molar refractivity (Wildman–Crippen MR) is 86.3 cm³/mol. The van der Waals surface area contributed by atoms with Crippen molar-refractivity contribution in [1.82, 2.24) is 0 Å². The van der Waals surface area contributed by atoms with Crippen LogP contribution in [0.15, 0.2) is 42.5 Å².